The van der Waals surface area contributed by atoms with Gasteiger partial charge in [-0.05, 0) is 122 Å². The van der Waals surface area contributed by atoms with E-state index in [-0.39, 0.29) is 0 Å². The van der Waals surface area contributed by atoms with Crippen LogP contribution in [0.2, 0.25) is 0 Å². The van der Waals surface area contributed by atoms with E-state index < -0.39 is 0 Å². The third kappa shape index (κ3) is 6.08. The predicted octanol–water partition coefficient (Wildman–Crippen LogP) is 13.4. The molecule has 0 saturated heterocycles. The van der Waals surface area contributed by atoms with Crippen molar-refractivity contribution in [1.82, 2.24) is 0 Å². The van der Waals surface area contributed by atoms with Crippen LogP contribution in [0, 0.1) is 24.0 Å². The van der Waals surface area contributed by atoms with E-state index in [0.29, 0.717) is 23.7 Å². The number of allylic oxidation sites excluding steroid dienone is 14. The van der Waals surface area contributed by atoms with E-state index in [1.54, 1.807) is 0 Å². The lowest BCUT2D eigenvalue weighted by atomic mass is 9.72. The van der Waals surface area contributed by atoms with Crippen molar-refractivity contribution in [3.63, 3.8) is 0 Å². The van der Waals surface area contributed by atoms with E-state index in [9.17, 15) is 0 Å². The van der Waals surface area contributed by atoms with E-state index >= 15 is 0 Å². The molecule has 0 aromatic heterocycles. The van der Waals surface area contributed by atoms with Crippen molar-refractivity contribution >= 4 is 16.7 Å². The Morgan fingerprint density at radius 1 is 0.673 bits per heavy atom. The van der Waals surface area contributed by atoms with Crippen LogP contribution in [0.25, 0.3) is 39.0 Å². The molecule has 4 unspecified atom stereocenters. The van der Waals surface area contributed by atoms with Crippen LogP contribution in [-0.4, -0.2) is 0 Å². The van der Waals surface area contributed by atoms with Crippen molar-refractivity contribution in [1.29, 1.82) is 0 Å². The maximum absolute atomic E-state index is 3.47. The molecule has 4 aliphatic rings. The molecule has 0 bridgehead atoms. The largest absolute Gasteiger partial charge is 0.0804 e. The minimum absolute atomic E-state index is 0.298. The van der Waals surface area contributed by atoms with E-state index in [0.717, 1.165) is 36.0 Å². The molecule has 0 aliphatic heterocycles. The summed E-state index contributed by atoms with van der Waals surface area (Å²) >= 11 is 0. The number of hydrogen-bond donors (Lipinski definition) is 0. The van der Waals surface area contributed by atoms with Crippen LogP contribution in [0.5, 0.6) is 0 Å². The fraction of sp³-hybridized carbons (Fsp3) is 0.154. The van der Waals surface area contributed by atoms with Crippen LogP contribution in [0.3, 0.4) is 0 Å². The molecule has 0 nitrogen and oxygen atoms in total. The van der Waals surface area contributed by atoms with Crippen LogP contribution in [0.15, 0.2) is 182 Å². The molecule has 0 radical (unpaired) electrons. The first-order valence-corrected chi connectivity index (χ1v) is 18.9. The molecule has 0 saturated carbocycles. The minimum atomic E-state index is 0.298. The third-order valence-corrected chi connectivity index (χ3v) is 11.4. The summed E-state index contributed by atoms with van der Waals surface area (Å²) in [5, 5.41) is 0. The lowest BCUT2D eigenvalue weighted by Crippen LogP contribution is -2.16. The molecule has 0 fully saturated rings. The second kappa shape index (κ2) is 14.0. The third-order valence-electron chi connectivity index (χ3n) is 11.4. The highest BCUT2D eigenvalue weighted by molar-refractivity contribution is 5.89. The zero-order chi connectivity index (χ0) is 34.9. The summed E-state index contributed by atoms with van der Waals surface area (Å²) in [5.74, 6) is 1.57. The minimum Gasteiger partial charge on any atom is -0.0804 e. The van der Waals surface area contributed by atoms with E-state index in [1.165, 1.54) is 55.7 Å². The topological polar surface area (TPSA) is 0 Å². The van der Waals surface area contributed by atoms with Gasteiger partial charge in [-0.1, -0.05) is 171 Å². The molecule has 250 valence electrons. The summed E-state index contributed by atoms with van der Waals surface area (Å²) in [5.41, 5.74) is 16.7. The van der Waals surface area contributed by atoms with Gasteiger partial charge in [0.15, 0.2) is 0 Å². The molecule has 4 aliphatic carbocycles. The molecule has 4 atom stereocenters. The van der Waals surface area contributed by atoms with Gasteiger partial charge >= 0.3 is 0 Å². The molecule has 0 amide bonds. The number of benzene rings is 4. The molecule has 9 rings (SSSR count). The van der Waals surface area contributed by atoms with Crippen molar-refractivity contribution in [2.24, 2.45) is 11.8 Å². The Balaban J connectivity index is 1.10. The molecule has 52 heavy (non-hydrogen) atoms. The summed E-state index contributed by atoms with van der Waals surface area (Å²) in [6.07, 6.45) is 26.6. The van der Waals surface area contributed by atoms with Gasteiger partial charge in [-0.2, -0.15) is 0 Å². The Bertz CT molecular complexity index is 2340. The SMILES string of the molecule is CCC1C(c2ccccc2)=CC(c2cccc(-c3c#ccc(-c4ccc5c(c4)C4=C(C=CCC=C4)CC4C=CC=CC54)c3)c2)=CC1c1ccccc1. The average Bonchev–Trinajstić information content (AvgIpc) is 3.53. The summed E-state index contributed by atoms with van der Waals surface area (Å²) in [7, 11) is 0. The highest BCUT2D eigenvalue weighted by Gasteiger charge is 2.30. The standard InChI is InChI=1S/C52H42/c1-2-46-50(36-16-6-3-7-17-36)34-45(35-51(46)37-18-8-4-9-19-37)41-25-15-23-39(31-41)38-22-14-24-40(30-38)42-28-29-49-47-27-13-12-21-43(47)32-44-20-10-5-11-26-48(44)52(49)33-42/h3-4,6-13,15-21,23-31,33-35,43,46-47,50H,2,5,32H2,1H3. The fourth-order valence-electron chi connectivity index (χ4n) is 8.83. The molecule has 0 N–H and O–H groups in total. The van der Waals surface area contributed by atoms with E-state index in [2.05, 4.69) is 195 Å². The first-order chi connectivity index (χ1) is 25.7. The maximum Gasteiger partial charge on any atom is 0.0327 e. The zero-order valence-electron chi connectivity index (χ0n) is 29.7. The van der Waals surface area contributed by atoms with Gasteiger partial charge in [0.25, 0.3) is 0 Å². The fourth-order valence-corrected chi connectivity index (χ4v) is 8.83. The van der Waals surface area contributed by atoms with Gasteiger partial charge < -0.3 is 0 Å². The normalized spacial score (nSPS) is 21.6. The smallest absolute Gasteiger partial charge is 0.0327 e. The van der Waals surface area contributed by atoms with Gasteiger partial charge in [-0.25, -0.2) is 0 Å². The lowest BCUT2D eigenvalue weighted by molar-refractivity contribution is 0.577. The van der Waals surface area contributed by atoms with Crippen LogP contribution < -0.4 is 0 Å². The van der Waals surface area contributed by atoms with Gasteiger partial charge in [0.2, 0.25) is 0 Å². The predicted molar refractivity (Wildman–Crippen MR) is 219 cm³/mol. The Hall–Kier alpha value is -5.90. The molecule has 0 spiro atoms. The first kappa shape index (κ1) is 32.0. The average molecular weight is 667 g/mol. The molecular weight excluding hydrogens is 625 g/mol. The van der Waals surface area contributed by atoms with Gasteiger partial charge in [-0.3, -0.25) is 0 Å². The van der Waals surface area contributed by atoms with Crippen molar-refractivity contribution in [2.45, 2.75) is 38.0 Å². The van der Waals surface area contributed by atoms with Crippen molar-refractivity contribution in [3.8, 4) is 22.3 Å². The van der Waals surface area contributed by atoms with Crippen LogP contribution in [-0.2, 0) is 0 Å². The molecular formula is C52H42. The van der Waals surface area contributed by atoms with Crippen LogP contribution in [0.1, 0.15) is 65.8 Å². The van der Waals surface area contributed by atoms with Crippen LogP contribution >= 0.6 is 0 Å². The highest BCUT2D eigenvalue weighted by Crippen LogP contribution is 2.47. The Labute approximate surface area is 309 Å². The highest BCUT2D eigenvalue weighted by atomic mass is 14.3. The van der Waals surface area contributed by atoms with Crippen molar-refractivity contribution in [3.05, 3.63) is 222 Å². The zero-order valence-corrected chi connectivity index (χ0v) is 29.7. The Morgan fingerprint density at radius 3 is 2.33 bits per heavy atom. The second-order valence-corrected chi connectivity index (χ2v) is 14.5. The summed E-state index contributed by atoms with van der Waals surface area (Å²) < 4.78 is 0. The van der Waals surface area contributed by atoms with E-state index in [1.807, 2.05) is 0 Å². The van der Waals surface area contributed by atoms with Crippen molar-refractivity contribution in [2.75, 3.05) is 0 Å². The molecule has 0 heteroatoms. The van der Waals surface area contributed by atoms with Crippen LogP contribution in [0.4, 0.5) is 0 Å². The first-order valence-electron chi connectivity index (χ1n) is 18.9. The van der Waals surface area contributed by atoms with Gasteiger partial charge in [0.1, 0.15) is 0 Å². The van der Waals surface area contributed by atoms with Crippen molar-refractivity contribution < 1.29 is 0 Å². The quantitative estimate of drug-likeness (QED) is 0.169. The molecule has 5 aromatic rings. The maximum atomic E-state index is 3.47. The second-order valence-electron chi connectivity index (χ2n) is 14.5. The monoisotopic (exact) mass is 666 g/mol. The summed E-state index contributed by atoms with van der Waals surface area (Å²) in [4.78, 5) is 0. The number of fused-ring (bicyclic) bond motifs is 4. The number of hydrogen-bond acceptors (Lipinski definition) is 0. The van der Waals surface area contributed by atoms with Gasteiger partial charge in [-0.15, -0.1) is 0 Å². The molecule has 5 aromatic carbocycles. The Kier molecular flexibility index (Phi) is 8.64. The van der Waals surface area contributed by atoms with Gasteiger partial charge in [0, 0.05) is 17.4 Å². The molecule has 0 heterocycles. The van der Waals surface area contributed by atoms with E-state index in [4.69, 9.17) is 0 Å². The lowest BCUT2D eigenvalue weighted by Gasteiger charge is -2.32. The number of rotatable bonds is 6. The Morgan fingerprint density at radius 2 is 1.46 bits per heavy atom. The van der Waals surface area contributed by atoms with Gasteiger partial charge in [0.05, 0.1) is 0 Å². The summed E-state index contributed by atoms with van der Waals surface area (Å²) in [6, 6.07) is 49.3. The summed E-state index contributed by atoms with van der Waals surface area (Å²) in [6.45, 7) is 2.32.